The molecule has 2 heterocycles. The minimum Gasteiger partial charge on any atom is -0.486 e. The number of alkyl halides is 2. The van der Waals surface area contributed by atoms with Gasteiger partial charge in [0.15, 0.2) is 16.4 Å². The Kier molecular flexibility index (Phi) is 4.76. The van der Waals surface area contributed by atoms with Crippen molar-refractivity contribution in [3.63, 3.8) is 0 Å². The second kappa shape index (κ2) is 6.25. The average molecular weight is 348 g/mol. The van der Waals surface area contributed by atoms with E-state index in [1.165, 1.54) is 23.8 Å². The Morgan fingerprint density at radius 3 is 2.59 bits per heavy atom. The third-order valence-electron chi connectivity index (χ3n) is 2.67. The molecule has 0 N–H and O–H groups in total. The minimum absolute atomic E-state index is 0.0328. The van der Waals surface area contributed by atoms with Crippen molar-refractivity contribution in [3.8, 4) is 17.1 Å². The van der Waals surface area contributed by atoms with E-state index in [1.54, 1.807) is 6.92 Å². The predicted octanol–water partition coefficient (Wildman–Crippen LogP) is 3.03. The molecule has 5 nitrogen and oxygen atoms in total. The first-order valence-electron chi connectivity index (χ1n) is 6.36. The van der Waals surface area contributed by atoms with Crippen LogP contribution in [-0.4, -0.2) is 36.7 Å². The zero-order valence-corrected chi connectivity index (χ0v) is 13.5. The fraction of sp³-hybridized carbons (Fsp3) is 0.385. The number of hydrogen-bond donors (Lipinski definition) is 0. The lowest BCUT2D eigenvalue weighted by Gasteiger charge is -2.11. The highest BCUT2D eigenvalue weighted by molar-refractivity contribution is 7.93. The van der Waals surface area contributed by atoms with Gasteiger partial charge >= 0.3 is 0 Å². The van der Waals surface area contributed by atoms with Crippen molar-refractivity contribution >= 4 is 21.2 Å². The highest BCUT2D eigenvalue weighted by Gasteiger charge is 2.23. The van der Waals surface area contributed by atoms with Crippen molar-refractivity contribution in [1.29, 1.82) is 0 Å². The van der Waals surface area contributed by atoms with Crippen LogP contribution in [0.3, 0.4) is 0 Å². The third kappa shape index (κ3) is 3.98. The van der Waals surface area contributed by atoms with Crippen LogP contribution in [0.25, 0.3) is 11.4 Å². The van der Waals surface area contributed by atoms with E-state index >= 15 is 0 Å². The molecule has 0 spiro atoms. The SMILES string of the molecule is CCS(=O)(=O)c1scnc1-c1ccc(OCC(C)(F)F)cn1. The van der Waals surface area contributed by atoms with Crippen LogP contribution in [0.15, 0.2) is 28.0 Å². The standard InChI is InChI=1S/C13H14F2N2O3S2/c1-3-22(18,19)12-11(17-8-21-12)10-5-4-9(6-16-10)20-7-13(2,14)15/h4-6,8H,3,7H2,1-2H3. The number of halogens is 2. The summed E-state index contributed by atoms with van der Waals surface area (Å²) in [6.07, 6.45) is 1.27. The van der Waals surface area contributed by atoms with Crippen molar-refractivity contribution in [2.45, 2.75) is 24.0 Å². The second-order valence-electron chi connectivity index (χ2n) is 4.63. The van der Waals surface area contributed by atoms with Crippen molar-refractivity contribution in [2.24, 2.45) is 0 Å². The summed E-state index contributed by atoms with van der Waals surface area (Å²) in [6, 6.07) is 2.95. The van der Waals surface area contributed by atoms with Crippen LogP contribution in [0.4, 0.5) is 8.78 Å². The summed E-state index contributed by atoms with van der Waals surface area (Å²) in [5.74, 6) is -2.79. The Balaban J connectivity index is 2.24. The molecular weight excluding hydrogens is 334 g/mol. The average Bonchev–Trinajstić information content (AvgIpc) is 2.95. The van der Waals surface area contributed by atoms with E-state index < -0.39 is 22.4 Å². The van der Waals surface area contributed by atoms with E-state index in [4.69, 9.17) is 4.74 Å². The molecular formula is C13H14F2N2O3S2. The van der Waals surface area contributed by atoms with Gasteiger partial charge in [-0.25, -0.2) is 22.2 Å². The van der Waals surface area contributed by atoms with Gasteiger partial charge in [-0.1, -0.05) is 6.92 Å². The molecule has 0 aliphatic rings. The molecule has 0 radical (unpaired) electrons. The quantitative estimate of drug-likeness (QED) is 0.802. The fourth-order valence-electron chi connectivity index (χ4n) is 1.57. The third-order valence-corrected chi connectivity index (χ3v) is 5.86. The smallest absolute Gasteiger partial charge is 0.278 e. The molecule has 0 aliphatic carbocycles. The number of ether oxygens (including phenoxy) is 1. The Morgan fingerprint density at radius 1 is 1.32 bits per heavy atom. The van der Waals surface area contributed by atoms with E-state index in [9.17, 15) is 17.2 Å². The molecule has 2 rings (SSSR count). The Morgan fingerprint density at radius 2 is 2.05 bits per heavy atom. The summed E-state index contributed by atoms with van der Waals surface area (Å²) in [5, 5.41) is 0. The lowest BCUT2D eigenvalue weighted by molar-refractivity contribution is -0.0230. The molecule has 0 saturated heterocycles. The molecule has 120 valence electrons. The lowest BCUT2D eigenvalue weighted by atomic mass is 10.3. The Labute approximate surface area is 130 Å². The molecule has 0 saturated carbocycles. The molecule has 0 atom stereocenters. The largest absolute Gasteiger partial charge is 0.486 e. The molecule has 0 bridgehead atoms. The van der Waals surface area contributed by atoms with E-state index in [0.717, 1.165) is 18.3 Å². The minimum atomic E-state index is -3.39. The van der Waals surface area contributed by atoms with E-state index in [2.05, 4.69) is 9.97 Å². The number of sulfone groups is 1. The molecule has 9 heteroatoms. The molecule has 0 aliphatic heterocycles. The van der Waals surface area contributed by atoms with Crippen LogP contribution in [0.1, 0.15) is 13.8 Å². The summed E-state index contributed by atoms with van der Waals surface area (Å²) in [6.45, 7) is 1.56. The number of rotatable bonds is 6. The van der Waals surface area contributed by atoms with Crippen molar-refractivity contribution in [1.82, 2.24) is 9.97 Å². The van der Waals surface area contributed by atoms with Gasteiger partial charge in [-0.05, 0) is 12.1 Å². The van der Waals surface area contributed by atoms with Crippen LogP contribution >= 0.6 is 11.3 Å². The summed E-state index contributed by atoms with van der Waals surface area (Å²) >= 11 is 1.02. The molecule has 0 fully saturated rings. The normalized spacial score (nSPS) is 12.4. The summed E-state index contributed by atoms with van der Waals surface area (Å²) in [5.41, 5.74) is 2.05. The van der Waals surface area contributed by atoms with Crippen LogP contribution in [0, 0.1) is 0 Å². The number of thiazole rings is 1. The van der Waals surface area contributed by atoms with E-state index in [-0.39, 0.29) is 21.4 Å². The number of pyridine rings is 1. The highest BCUT2D eigenvalue weighted by atomic mass is 32.2. The van der Waals surface area contributed by atoms with Crippen molar-refractivity contribution < 1.29 is 21.9 Å². The van der Waals surface area contributed by atoms with Crippen molar-refractivity contribution in [2.75, 3.05) is 12.4 Å². The summed E-state index contributed by atoms with van der Waals surface area (Å²) in [7, 11) is -3.39. The van der Waals surface area contributed by atoms with Gasteiger partial charge < -0.3 is 4.74 Å². The monoisotopic (exact) mass is 348 g/mol. The van der Waals surface area contributed by atoms with Crippen LogP contribution in [-0.2, 0) is 9.84 Å². The second-order valence-corrected chi connectivity index (χ2v) is 7.96. The van der Waals surface area contributed by atoms with Gasteiger partial charge in [-0.15, -0.1) is 11.3 Å². The Hall–Kier alpha value is -1.61. The van der Waals surface area contributed by atoms with E-state index in [0.29, 0.717) is 5.69 Å². The molecule has 2 aromatic rings. The number of nitrogens with zero attached hydrogens (tertiary/aromatic N) is 2. The first kappa shape index (κ1) is 16.8. The highest BCUT2D eigenvalue weighted by Crippen LogP contribution is 2.30. The maximum absolute atomic E-state index is 12.7. The van der Waals surface area contributed by atoms with Gasteiger partial charge in [0.25, 0.3) is 5.92 Å². The lowest BCUT2D eigenvalue weighted by Crippen LogP contribution is -2.20. The van der Waals surface area contributed by atoms with Crippen molar-refractivity contribution in [3.05, 3.63) is 23.8 Å². The maximum Gasteiger partial charge on any atom is 0.278 e. The zero-order valence-electron chi connectivity index (χ0n) is 11.9. The van der Waals surface area contributed by atoms with Gasteiger partial charge in [0.2, 0.25) is 0 Å². The van der Waals surface area contributed by atoms with Gasteiger partial charge in [-0.2, -0.15) is 0 Å². The number of hydrogen-bond acceptors (Lipinski definition) is 6. The van der Waals surface area contributed by atoms with Crippen LogP contribution < -0.4 is 4.74 Å². The van der Waals surface area contributed by atoms with Gasteiger partial charge in [0.05, 0.1) is 23.2 Å². The summed E-state index contributed by atoms with van der Waals surface area (Å²) in [4.78, 5) is 8.07. The van der Waals surface area contributed by atoms with E-state index in [1.807, 2.05) is 0 Å². The topological polar surface area (TPSA) is 69.2 Å². The fourth-order valence-corrected chi connectivity index (χ4v) is 3.88. The Bertz CT molecular complexity index is 737. The van der Waals surface area contributed by atoms with Crippen LogP contribution in [0.5, 0.6) is 5.75 Å². The number of aromatic nitrogens is 2. The maximum atomic E-state index is 12.7. The molecule has 2 aromatic heterocycles. The first-order chi connectivity index (χ1) is 10.2. The summed E-state index contributed by atoms with van der Waals surface area (Å²) < 4.78 is 54.4. The van der Waals surface area contributed by atoms with Gasteiger partial charge in [0.1, 0.15) is 15.7 Å². The van der Waals surface area contributed by atoms with Crippen LogP contribution in [0.2, 0.25) is 0 Å². The van der Waals surface area contributed by atoms with Gasteiger partial charge in [0, 0.05) is 6.92 Å². The van der Waals surface area contributed by atoms with Gasteiger partial charge in [-0.3, -0.25) is 4.98 Å². The molecule has 0 unspecified atom stereocenters. The molecule has 0 amide bonds. The zero-order chi connectivity index (χ0) is 16.4. The first-order valence-corrected chi connectivity index (χ1v) is 8.89. The molecule has 22 heavy (non-hydrogen) atoms. The predicted molar refractivity (Wildman–Crippen MR) is 79.2 cm³/mol. The molecule has 0 aromatic carbocycles.